The number of benzene rings is 2. The van der Waals surface area contributed by atoms with E-state index < -0.39 is 0 Å². The van der Waals surface area contributed by atoms with E-state index in [4.69, 9.17) is 28.2 Å². The predicted molar refractivity (Wildman–Crippen MR) is 119 cm³/mol. The summed E-state index contributed by atoms with van der Waals surface area (Å²) in [5, 5.41) is 3.42. The molecule has 0 spiro atoms. The first kappa shape index (κ1) is 22.6. The molecule has 2 aromatic heterocycles. The normalized spacial score (nSPS) is 10.5. The Balaban J connectivity index is 0.00000140. The average molecular weight is 475 g/mol. The molecule has 7 heteroatoms. The van der Waals surface area contributed by atoms with Crippen molar-refractivity contribution >= 4 is 66.3 Å². The van der Waals surface area contributed by atoms with Gasteiger partial charge >= 0.3 is 168 Å². The predicted octanol–water partition coefficient (Wildman–Crippen LogP) is 6.36. The van der Waals surface area contributed by atoms with E-state index >= 15 is 0 Å². The van der Waals surface area contributed by atoms with Gasteiger partial charge in [-0.1, -0.05) is 0 Å². The van der Waals surface area contributed by atoms with Gasteiger partial charge in [-0.15, -0.1) is 12.4 Å². The van der Waals surface area contributed by atoms with Crippen molar-refractivity contribution in [2.75, 3.05) is 0 Å². The van der Waals surface area contributed by atoms with Crippen LogP contribution in [-0.2, 0) is 15.0 Å². The first-order valence-electron chi connectivity index (χ1n) is 7.96. The van der Waals surface area contributed by atoms with Gasteiger partial charge in [-0.25, -0.2) is 0 Å². The van der Waals surface area contributed by atoms with Crippen molar-refractivity contribution in [3.63, 3.8) is 0 Å². The number of hydrogen-bond acceptors (Lipinski definition) is 3. The number of aryl methyl sites for hydroxylation is 1. The third-order valence-corrected chi connectivity index (χ3v) is 6.43. The molecule has 146 valence electrons. The fourth-order valence-corrected chi connectivity index (χ4v) is 4.47. The van der Waals surface area contributed by atoms with Crippen LogP contribution in [0.15, 0.2) is 61.2 Å². The quantitative estimate of drug-likeness (QED) is 0.278. The summed E-state index contributed by atoms with van der Waals surface area (Å²) in [7, 11) is 0. The summed E-state index contributed by atoms with van der Waals surface area (Å²) in [6.07, 6.45) is 0. The van der Waals surface area contributed by atoms with Crippen LogP contribution in [0.1, 0.15) is 11.4 Å². The Morgan fingerprint density at radius 2 is 1.39 bits per heavy atom. The van der Waals surface area contributed by atoms with Crippen LogP contribution in [-0.4, -0.2) is 9.97 Å². The Morgan fingerprint density at radius 3 is 2.04 bits per heavy atom. The van der Waals surface area contributed by atoms with Crippen molar-refractivity contribution in [2.24, 2.45) is 0 Å². The molecule has 0 unspecified atom stereocenters. The Hall–Kier alpha value is -1.65. The van der Waals surface area contributed by atoms with Gasteiger partial charge in [0.15, 0.2) is 0 Å². The molecular weight excluding hydrogens is 456 g/mol. The molecule has 0 atom stereocenters. The number of halogens is 3. The van der Waals surface area contributed by atoms with Crippen LogP contribution in [0.5, 0.6) is 0 Å². The Bertz CT molecular complexity index is 1160. The second-order valence-electron chi connectivity index (χ2n) is 5.86. The van der Waals surface area contributed by atoms with Crippen molar-refractivity contribution in [1.82, 2.24) is 16.1 Å². The van der Waals surface area contributed by atoms with Gasteiger partial charge in [-0.2, -0.15) is 0 Å². The monoisotopic (exact) mass is 473 g/mol. The summed E-state index contributed by atoms with van der Waals surface area (Å²) < 4.78 is 1.74. The van der Waals surface area contributed by atoms with Crippen molar-refractivity contribution < 1.29 is 15.0 Å². The van der Waals surface area contributed by atoms with E-state index in [9.17, 15) is 0 Å². The van der Waals surface area contributed by atoms with Gasteiger partial charge in [0.05, 0.1) is 0 Å². The fraction of sp³-hybridized carbons (Fsp3) is 0.0476. The summed E-state index contributed by atoms with van der Waals surface area (Å²) in [5.41, 5.74) is 3.59. The molecule has 0 bridgehead atoms. The maximum atomic E-state index is 6.30. The van der Waals surface area contributed by atoms with E-state index in [1.807, 2.05) is 37.3 Å². The Labute approximate surface area is 186 Å². The topological polar surface area (TPSA) is 60.8 Å². The summed E-state index contributed by atoms with van der Waals surface area (Å²) >= 11 is 13.1. The molecule has 3 N–H and O–H groups in total. The first-order valence-corrected chi connectivity index (χ1v) is 9.82. The van der Waals surface area contributed by atoms with E-state index in [0.29, 0.717) is 25.0 Å². The van der Waals surface area contributed by atoms with Crippen LogP contribution in [0, 0.1) is 6.92 Å². The van der Waals surface area contributed by atoms with Crippen LogP contribution in [0.2, 0.25) is 10.0 Å². The number of fused-ring (bicyclic) bond motifs is 3. The maximum Gasteiger partial charge on any atom is -0.147 e. The summed E-state index contributed by atoms with van der Waals surface area (Å²) in [5.74, 6) is 0. The summed E-state index contributed by atoms with van der Waals surface area (Å²) in [6.45, 7) is 6.19. The number of nitrogens with zero attached hydrogens (tertiary/aromatic N) is 2. The zero-order valence-electron chi connectivity index (χ0n) is 15.0. The van der Waals surface area contributed by atoms with Crippen LogP contribution >= 0.6 is 35.6 Å². The molecule has 2 aromatic carbocycles. The zero-order chi connectivity index (χ0) is 18.3. The zero-order valence-corrected chi connectivity index (χ0v) is 18.5. The van der Waals surface area contributed by atoms with Crippen molar-refractivity contribution in [3.05, 3.63) is 82.6 Å². The molecule has 3 nitrogen and oxygen atoms in total. The number of pyridine rings is 2. The third kappa shape index (κ3) is 4.33. The molecule has 0 fully saturated rings. The maximum absolute atomic E-state index is 6.30. The van der Waals surface area contributed by atoms with E-state index in [-0.39, 0.29) is 18.6 Å². The molecule has 28 heavy (non-hydrogen) atoms. The van der Waals surface area contributed by atoms with Crippen molar-refractivity contribution in [2.45, 2.75) is 6.92 Å². The van der Waals surface area contributed by atoms with Crippen LogP contribution in [0.4, 0.5) is 0 Å². The molecule has 0 aliphatic heterocycles. The molecule has 0 amide bonds. The minimum Gasteiger partial charge on any atom is -0.344 e. The standard InChI is InChI=1S/C15H11N2.C6H3Cl2.ClH.Fe.H3N/c1-3-13-9-8-12-7-6-11-5-4-10(2)16-14(11)15(12)17-13;7-5-2-1-3-6(8)4-5;;;/h4-9H,1H2,2H3;1-3H;1H;;1H3. The molecule has 0 saturated carbocycles. The van der Waals surface area contributed by atoms with Crippen molar-refractivity contribution in [1.29, 1.82) is 0 Å². The van der Waals surface area contributed by atoms with E-state index in [1.54, 1.807) is 0 Å². The summed E-state index contributed by atoms with van der Waals surface area (Å²) in [6, 6.07) is 17.8. The SMILES string of the molecule is C=[C]([Fe][c]1c(Cl)cccc1Cl)c1ccc2ccc3ccc(C)nc3c2n1.Cl.N. The van der Waals surface area contributed by atoms with Gasteiger partial charge in [0, 0.05) is 0 Å². The van der Waals surface area contributed by atoms with E-state index in [2.05, 4.69) is 35.8 Å². The minimum absolute atomic E-state index is 0. The van der Waals surface area contributed by atoms with Gasteiger partial charge in [0.25, 0.3) is 0 Å². The van der Waals surface area contributed by atoms with Gasteiger partial charge < -0.3 is 6.15 Å². The van der Waals surface area contributed by atoms with Gasteiger partial charge in [0.1, 0.15) is 0 Å². The van der Waals surface area contributed by atoms with E-state index in [0.717, 1.165) is 42.1 Å². The fourth-order valence-electron chi connectivity index (χ4n) is 2.72. The molecule has 2 heterocycles. The smallest absolute Gasteiger partial charge is 0.147 e. The molecule has 0 saturated heterocycles. The Morgan fingerprint density at radius 1 is 0.857 bits per heavy atom. The Kier molecular flexibility index (Phi) is 7.46. The molecule has 4 rings (SSSR count). The molecule has 0 aliphatic carbocycles. The van der Waals surface area contributed by atoms with Crippen LogP contribution in [0.25, 0.3) is 26.3 Å². The van der Waals surface area contributed by atoms with Gasteiger partial charge in [-0.3, -0.25) is 0 Å². The van der Waals surface area contributed by atoms with Crippen LogP contribution < -0.4 is 10.6 Å². The number of hydrogen-bond donors (Lipinski definition) is 1. The third-order valence-electron chi connectivity index (χ3n) is 4.02. The molecular formula is C21H18Cl3FeN3. The first-order chi connectivity index (χ1) is 12.5. The van der Waals surface area contributed by atoms with Crippen molar-refractivity contribution in [3.8, 4) is 0 Å². The average Bonchev–Trinajstić information content (AvgIpc) is 2.64. The second kappa shape index (κ2) is 9.23. The number of aromatic nitrogens is 2. The molecule has 0 radical (unpaired) electrons. The van der Waals surface area contributed by atoms with Gasteiger partial charge in [-0.05, 0) is 0 Å². The summed E-state index contributed by atoms with van der Waals surface area (Å²) in [4.78, 5) is 9.53. The van der Waals surface area contributed by atoms with Gasteiger partial charge in [0.2, 0.25) is 0 Å². The van der Waals surface area contributed by atoms with E-state index in [1.165, 1.54) is 0 Å². The molecule has 0 aliphatic rings. The minimum atomic E-state index is 0. The van der Waals surface area contributed by atoms with Crippen LogP contribution in [0.3, 0.4) is 0 Å². The number of rotatable bonds is 3. The largest absolute Gasteiger partial charge is 0.344 e. The second-order valence-corrected chi connectivity index (χ2v) is 8.17. The molecule has 4 aromatic rings.